The summed E-state index contributed by atoms with van der Waals surface area (Å²) in [5.41, 5.74) is 0. The number of hydrogen-bond donors (Lipinski definition) is 1. The Morgan fingerprint density at radius 3 is 2.27 bits per heavy atom. The summed E-state index contributed by atoms with van der Waals surface area (Å²) >= 11 is 0.690. The van der Waals surface area contributed by atoms with E-state index in [1.165, 1.54) is 0 Å². The lowest BCUT2D eigenvalue weighted by Gasteiger charge is -2.07. The van der Waals surface area contributed by atoms with Crippen LogP contribution >= 0.6 is 12.0 Å². The Morgan fingerprint density at radius 2 is 1.53 bits per heavy atom. The summed E-state index contributed by atoms with van der Waals surface area (Å²) in [6, 6.07) is 16.9. The van der Waals surface area contributed by atoms with Crippen LogP contribution in [0, 0.1) is 0 Å². The van der Waals surface area contributed by atoms with Gasteiger partial charge < -0.3 is 9.29 Å². The Bertz CT molecular complexity index is 429. The maximum atomic E-state index is 9.03. The summed E-state index contributed by atoms with van der Waals surface area (Å²) < 4.78 is 14.7. The molecule has 76 valence electrons. The van der Waals surface area contributed by atoms with Gasteiger partial charge in [-0.15, -0.1) is 0 Å². The number of para-hydroxylation sites is 2. The highest BCUT2D eigenvalue weighted by Gasteiger charge is 2.03. The van der Waals surface area contributed by atoms with Crippen molar-refractivity contribution in [3.8, 4) is 11.5 Å². The van der Waals surface area contributed by atoms with Crippen molar-refractivity contribution in [1.82, 2.24) is 0 Å². The van der Waals surface area contributed by atoms with Gasteiger partial charge in [-0.25, -0.2) is 0 Å². The van der Waals surface area contributed by atoms with E-state index >= 15 is 0 Å². The summed E-state index contributed by atoms with van der Waals surface area (Å²) in [5.74, 6) is 1.43. The zero-order valence-corrected chi connectivity index (χ0v) is 8.78. The first-order chi connectivity index (χ1) is 7.40. The molecule has 2 nitrogen and oxygen atoms in total. The molecule has 2 aromatic carbocycles. The summed E-state index contributed by atoms with van der Waals surface area (Å²) in [6.45, 7) is 0. The lowest BCUT2D eigenvalue weighted by atomic mass is 10.3. The van der Waals surface area contributed by atoms with E-state index in [4.69, 9.17) is 9.29 Å². The molecule has 2 rings (SSSR count). The van der Waals surface area contributed by atoms with Crippen LogP contribution in [0.2, 0.25) is 0 Å². The van der Waals surface area contributed by atoms with Crippen LogP contribution in [0.4, 0.5) is 0 Å². The van der Waals surface area contributed by atoms with Gasteiger partial charge in [0.1, 0.15) is 11.5 Å². The van der Waals surface area contributed by atoms with E-state index < -0.39 is 0 Å². The minimum Gasteiger partial charge on any atom is -0.456 e. The Hall–Kier alpha value is -1.45. The molecule has 0 aliphatic carbocycles. The lowest BCUT2D eigenvalue weighted by molar-refractivity contribution is 0.469. The van der Waals surface area contributed by atoms with E-state index in [-0.39, 0.29) is 0 Å². The third kappa shape index (κ3) is 2.52. The van der Waals surface area contributed by atoms with Crippen molar-refractivity contribution < 1.29 is 9.29 Å². The first-order valence-electron chi connectivity index (χ1n) is 4.53. The third-order valence-electron chi connectivity index (χ3n) is 1.92. The molecule has 0 heterocycles. The molecule has 0 radical (unpaired) electrons. The van der Waals surface area contributed by atoms with Crippen molar-refractivity contribution in [3.05, 3.63) is 54.6 Å². The Balaban J connectivity index is 2.24. The fourth-order valence-electron chi connectivity index (χ4n) is 1.23. The van der Waals surface area contributed by atoms with E-state index in [1.54, 1.807) is 0 Å². The van der Waals surface area contributed by atoms with Gasteiger partial charge in [0, 0.05) is 12.0 Å². The Labute approximate surface area is 92.7 Å². The third-order valence-corrected chi connectivity index (χ3v) is 2.45. The van der Waals surface area contributed by atoms with Crippen molar-refractivity contribution >= 4 is 12.0 Å². The molecule has 2 aromatic rings. The molecular weight excluding hydrogens is 208 g/mol. The molecule has 0 atom stereocenters. The zero-order valence-electron chi connectivity index (χ0n) is 7.96. The van der Waals surface area contributed by atoms with Crippen molar-refractivity contribution in [3.63, 3.8) is 0 Å². The van der Waals surface area contributed by atoms with E-state index in [0.29, 0.717) is 22.7 Å². The number of benzene rings is 2. The van der Waals surface area contributed by atoms with Crippen LogP contribution in [0.5, 0.6) is 11.5 Å². The van der Waals surface area contributed by atoms with Crippen LogP contribution in [0.15, 0.2) is 59.5 Å². The monoisotopic (exact) mass is 218 g/mol. The first-order valence-corrected chi connectivity index (χ1v) is 5.31. The number of ether oxygens (including phenoxy) is 1. The maximum absolute atomic E-state index is 9.03. The smallest absolute Gasteiger partial charge is 0.143 e. The first kappa shape index (κ1) is 10.1. The van der Waals surface area contributed by atoms with Crippen LogP contribution in [0.3, 0.4) is 0 Å². The van der Waals surface area contributed by atoms with Crippen LogP contribution in [-0.2, 0) is 0 Å². The van der Waals surface area contributed by atoms with Crippen molar-refractivity contribution in [2.45, 2.75) is 4.90 Å². The van der Waals surface area contributed by atoms with Gasteiger partial charge in [0.25, 0.3) is 0 Å². The highest BCUT2D eigenvalue weighted by Crippen LogP contribution is 2.30. The highest BCUT2D eigenvalue weighted by molar-refractivity contribution is 7.93. The predicted molar refractivity (Wildman–Crippen MR) is 61.4 cm³/mol. The maximum Gasteiger partial charge on any atom is 0.143 e. The largest absolute Gasteiger partial charge is 0.456 e. The van der Waals surface area contributed by atoms with Crippen molar-refractivity contribution in [2.24, 2.45) is 0 Å². The number of rotatable bonds is 3. The lowest BCUT2D eigenvalue weighted by Crippen LogP contribution is -1.85. The summed E-state index contributed by atoms with van der Waals surface area (Å²) in [5, 5.41) is 0. The topological polar surface area (TPSA) is 29.5 Å². The van der Waals surface area contributed by atoms with Gasteiger partial charge in [0.15, 0.2) is 0 Å². The van der Waals surface area contributed by atoms with E-state index in [0.717, 1.165) is 5.75 Å². The zero-order chi connectivity index (χ0) is 10.5. The predicted octanol–water partition coefficient (Wildman–Crippen LogP) is 4.04. The van der Waals surface area contributed by atoms with Crippen LogP contribution in [-0.4, -0.2) is 4.55 Å². The summed E-state index contributed by atoms with van der Waals surface area (Å²) in [7, 11) is 0. The van der Waals surface area contributed by atoms with Crippen LogP contribution < -0.4 is 4.74 Å². The molecule has 15 heavy (non-hydrogen) atoms. The molecule has 0 saturated heterocycles. The van der Waals surface area contributed by atoms with Crippen molar-refractivity contribution in [2.75, 3.05) is 0 Å². The summed E-state index contributed by atoms with van der Waals surface area (Å²) in [6.07, 6.45) is 0. The SMILES string of the molecule is OSc1ccccc1Oc1ccccc1. The van der Waals surface area contributed by atoms with Gasteiger partial charge in [0.05, 0.1) is 4.90 Å². The normalized spacial score (nSPS) is 9.93. The van der Waals surface area contributed by atoms with Gasteiger partial charge in [-0.1, -0.05) is 30.3 Å². The molecule has 0 fully saturated rings. The fourth-order valence-corrected chi connectivity index (χ4v) is 1.56. The van der Waals surface area contributed by atoms with Gasteiger partial charge >= 0.3 is 0 Å². The van der Waals surface area contributed by atoms with Crippen molar-refractivity contribution in [1.29, 1.82) is 0 Å². The minimum absolute atomic E-state index is 0.663. The second-order valence-electron chi connectivity index (χ2n) is 2.95. The van der Waals surface area contributed by atoms with E-state index in [2.05, 4.69) is 0 Å². The second-order valence-corrected chi connectivity index (χ2v) is 3.58. The molecule has 3 heteroatoms. The van der Waals surface area contributed by atoms with Gasteiger partial charge in [-0.05, 0) is 24.3 Å². The molecule has 0 saturated carbocycles. The molecule has 0 bridgehead atoms. The molecule has 0 aliphatic heterocycles. The van der Waals surface area contributed by atoms with E-state index in [9.17, 15) is 0 Å². The molecule has 0 aliphatic rings. The van der Waals surface area contributed by atoms with E-state index in [1.807, 2.05) is 54.6 Å². The Kier molecular flexibility index (Phi) is 3.27. The molecule has 1 N–H and O–H groups in total. The second kappa shape index (κ2) is 4.87. The fraction of sp³-hybridized carbons (Fsp3) is 0. The quantitative estimate of drug-likeness (QED) is 0.788. The Morgan fingerprint density at radius 1 is 0.867 bits per heavy atom. The molecule has 0 aromatic heterocycles. The summed E-state index contributed by atoms with van der Waals surface area (Å²) in [4.78, 5) is 0.710. The molecule has 0 unspecified atom stereocenters. The average Bonchev–Trinajstić information content (AvgIpc) is 2.31. The highest BCUT2D eigenvalue weighted by atomic mass is 32.2. The standard InChI is InChI=1S/C12H10O2S/c13-15-12-9-5-4-8-11(12)14-10-6-2-1-3-7-10/h1-9,13H. The van der Waals surface area contributed by atoms with Gasteiger partial charge in [-0.2, -0.15) is 0 Å². The number of hydrogen-bond acceptors (Lipinski definition) is 3. The van der Waals surface area contributed by atoms with Gasteiger partial charge in [0.2, 0.25) is 0 Å². The van der Waals surface area contributed by atoms with Gasteiger partial charge in [-0.3, -0.25) is 0 Å². The van der Waals surface area contributed by atoms with Crippen LogP contribution in [0.1, 0.15) is 0 Å². The van der Waals surface area contributed by atoms with Crippen LogP contribution in [0.25, 0.3) is 0 Å². The molecule has 0 spiro atoms. The molecule has 0 amide bonds. The average molecular weight is 218 g/mol. The minimum atomic E-state index is 0.663. The molecular formula is C12H10O2S.